The smallest absolute Gasteiger partial charge is 0.118 e. The van der Waals surface area contributed by atoms with Gasteiger partial charge < -0.3 is 10.1 Å². The predicted octanol–water partition coefficient (Wildman–Crippen LogP) is 2.36. The second-order valence-corrected chi connectivity index (χ2v) is 6.33. The van der Waals surface area contributed by atoms with E-state index in [0.717, 1.165) is 17.1 Å². The van der Waals surface area contributed by atoms with E-state index in [-0.39, 0.29) is 6.04 Å². The monoisotopic (exact) mass is 269 g/mol. The molecule has 2 atom stereocenters. The van der Waals surface area contributed by atoms with Gasteiger partial charge in [0.1, 0.15) is 5.75 Å². The normalized spacial score (nSPS) is 14.5. The van der Waals surface area contributed by atoms with Crippen molar-refractivity contribution in [3.63, 3.8) is 0 Å². The lowest BCUT2D eigenvalue weighted by Crippen LogP contribution is -2.24. The van der Waals surface area contributed by atoms with Gasteiger partial charge in [0.2, 0.25) is 0 Å². The largest absolute Gasteiger partial charge is 0.497 e. The first-order chi connectivity index (χ1) is 8.56. The summed E-state index contributed by atoms with van der Waals surface area (Å²) in [4.78, 5) is 0. The van der Waals surface area contributed by atoms with Gasteiger partial charge in [0.15, 0.2) is 0 Å². The lowest BCUT2D eigenvalue weighted by Gasteiger charge is -2.17. The van der Waals surface area contributed by atoms with Crippen molar-refractivity contribution in [1.29, 1.82) is 0 Å². The summed E-state index contributed by atoms with van der Waals surface area (Å²) in [6.07, 6.45) is 0. The van der Waals surface area contributed by atoms with Gasteiger partial charge in [-0.15, -0.1) is 0 Å². The van der Waals surface area contributed by atoms with Crippen LogP contribution in [-0.2, 0) is 10.8 Å². The van der Waals surface area contributed by atoms with Crippen LogP contribution >= 0.6 is 0 Å². The average Bonchev–Trinajstić information content (AvgIpc) is 2.35. The number of benzene rings is 1. The lowest BCUT2D eigenvalue weighted by molar-refractivity contribution is 0.414. The van der Waals surface area contributed by atoms with Gasteiger partial charge in [-0.25, -0.2) is 0 Å². The summed E-state index contributed by atoms with van der Waals surface area (Å²) in [5.41, 5.74) is 1.15. The van der Waals surface area contributed by atoms with Gasteiger partial charge in [0, 0.05) is 28.3 Å². The molecule has 0 heterocycles. The number of hydrogen-bond acceptors (Lipinski definition) is 3. The Morgan fingerprint density at radius 1 is 1.22 bits per heavy atom. The Hall–Kier alpha value is -0.870. The van der Waals surface area contributed by atoms with Gasteiger partial charge in [0.05, 0.1) is 7.11 Å². The van der Waals surface area contributed by atoms with Crippen LogP contribution in [0.15, 0.2) is 24.3 Å². The van der Waals surface area contributed by atoms with Crippen LogP contribution < -0.4 is 10.1 Å². The summed E-state index contributed by atoms with van der Waals surface area (Å²) in [5, 5.41) is 3.23. The van der Waals surface area contributed by atoms with Crippen LogP contribution in [0.2, 0.25) is 0 Å². The zero-order valence-electron chi connectivity index (χ0n) is 11.6. The van der Waals surface area contributed by atoms with E-state index in [4.69, 9.17) is 4.74 Å². The number of rotatable bonds is 7. The molecule has 0 saturated heterocycles. The van der Waals surface area contributed by atoms with E-state index in [1.165, 1.54) is 0 Å². The van der Waals surface area contributed by atoms with Crippen LogP contribution in [-0.4, -0.2) is 29.9 Å². The minimum absolute atomic E-state index is 0.135. The lowest BCUT2D eigenvalue weighted by atomic mass is 10.1. The first-order valence-electron chi connectivity index (χ1n) is 6.23. The van der Waals surface area contributed by atoms with Crippen LogP contribution in [0.1, 0.15) is 25.5 Å². The standard InChI is InChI=1S/C14H23NO2S/c1-11(2)9-18(16)10-14(15-3)12-5-7-13(17-4)8-6-12/h5-8,11,14-15H,9-10H2,1-4H3. The van der Waals surface area contributed by atoms with Gasteiger partial charge in [0.25, 0.3) is 0 Å². The Morgan fingerprint density at radius 2 is 1.83 bits per heavy atom. The van der Waals surface area contributed by atoms with Gasteiger partial charge in [-0.3, -0.25) is 4.21 Å². The van der Waals surface area contributed by atoms with Gasteiger partial charge >= 0.3 is 0 Å². The first kappa shape index (κ1) is 15.2. The molecule has 0 amide bonds. The Balaban J connectivity index is 2.67. The molecule has 1 rings (SSSR count). The van der Waals surface area contributed by atoms with E-state index < -0.39 is 10.8 Å². The molecule has 1 N–H and O–H groups in total. The van der Waals surface area contributed by atoms with Crippen molar-refractivity contribution in [2.45, 2.75) is 19.9 Å². The number of methoxy groups -OCH3 is 1. The SMILES string of the molecule is CNC(CS(=O)CC(C)C)c1ccc(OC)cc1. The maximum atomic E-state index is 12.0. The fourth-order valence-electron chi connectivity index (χ4n) is 1.81. The van der Waals surface area contributed by atoms with Gasteiger partial charge in [-0.2, -0.15) is 0 Å². The molecule has 4 heteroatoms. The molecule has 0 aliphatic heterocycles. The highest BCUT2D eigenvalue weighted by Gasteiger charge is 2.14. The topological polar surface area (TPSA) is 38.3 Å². The van der Waals surface area contributed by atoms with Crippen molar-refractivity contribution in [3.8, 4) is 5.75 Å². The van der Waals surface area contributed by atoms with E-state index in [0.29, 0.717) is 11.7 Å². The summed E-state index contributed by atoms with van der Waals surface area (Å²) < 4.78 is 17.1. The van der Waals surface area contributed by atoms with Crippen molar-refractivity contribution in [3.05, 3.63) is 29.8 Å². The average molecular weight is 269 g/mol. The van der Waals surface area contributed by atoms with Crippen molar-refractivity contribution in [2.75, 3.05) is 25.7 Å². The summed E-state index contributed by atoms with van der Waals surface area (Å²) in [6.45, 7) is 4.19. The molecule has 18 heavy (non-hydrogen) atoms. The fraction of sp³-hybridized carbons (Fsp3) is 0.571. The summed E-state index contributed by atoms with van der Waals surface area (Å²) in [6, 6.07) is 8.05. The summed E-state index contributed by atoms with van der Waals surface area (Å²) in [7, 11) is 2.78. The Kier molecular flexibility index (Phi) is 6.36. The van der Waals surface area contributed by atoms with Crippen LogP contribution in [0.4, 0.5) is 0 Å². The van der Waals surface area contributed by atoms with Crippen LogP contribution in [0.25, 0.3) is 0 Å². The molecule has 0 aromatic heterocycles. The Bertz CT molecular complexity index is 376. The predicted molar refractivity (Wildman–Crippen MR) is 77.5 cm³/mol. The third-order valence-electron chi connectivity index (χ3n) is 2.74. The minimum atomic E-state index is -0.781. The van der Waals surface area contributed by atoms with E-state index >= 15 is 0 Å². The zero-order chi connectivity index (χ0) is 13.5. The molecule has 1 aromatic carbocycles. The molecule has 1 aromatic rings. The van der Waals surface area contributed by atoms with Crippen molar-refractivity contribution < 1.29 is 8.95 Å². The summed E-state index contributed by atoms with van der Waals surface area (Å²) >= 11 is 0. The number of ether oxygens (including phenoxy) is 1. The van der Waals surface area contributed by atoms with Crippen LogP contribution in [0, 0.1) is 5.92 Å². The van der Waals surface area contributed by atoms with Gasteiger partial charge in [-0.05, 0) is 30.7 Å². The quantitative estimate of drug-likeness (QED) is 0.826. The number of nitrogens with one attached hydrogen (secondary N) is 1. The maximum absolute atomic E-state index is 12.0. The maximum Gasteiger partial charge on any atom is 0.118 e. The highest BCUT2D eigenvalue weighted by molar-refractivity contribution is 7.85. The van der Waals surface area contributed by atoms with Crippen molar-refractivity contribution in [2.24, 2.45) is 5.92 Å². The second-order valence-electron chi connectivity index (χ2n) is 4.78. The molecule has 3 nitrogen and oxygen atoms in total. The van der Waals surface area contributed by atoms with Crippen molar-refractivity contribution in [1.82, 2.24) is 5.32 Å². The number of hydrogen-bond donors (Lipinski definition) is 1. The molecule has 0 spiro atoms. The fourth-order valence-corrected chi connectivity index (χ4v) is 3.42. The molecule has 0 aliphatic carbocycles. The van der Waals surface area contributed by atoms with E-state index in [1.807, 2.05) is 31.3 Å². The minimum Gasteiger partial charge on any atom is -0.497 e. The Morgan fingerprint density at radius 3 is 2.28 bits per heavy atom. The van der Waals surface area contributed by atoms with Gasteiger partial charge in [-0.1, -0.05) is 26.0 Å². The zero-order valence-corrected chi connectivity index (χ0v) is 12.4. The second kappa shape index (κ2) is 7.54. The molecule has 102 valence electrons. The third kappa shape index (κ3) is 4.78. The molecule has 0 fully saturated rings. The molecular formula is C14H23NO2S. The molecular weight excluding hydrogens is 246 g/mol. The van der Waals surface area contributed by atoms with E-state index in [1.54, 1.807) is 7.11 Å². The molecule has 2 unspecified atom stereocenters. The highest BCUT2D eigenvalue weighted by atomic mass is 32.2. The molecule has 0 radical (unpaired) electrons. The van der Waals surface area contributed by atoms with Crippen molar-refractivity contribution >= 4 is 10.8 Å². The van der Waals surface area contributed by atoms with Crippen LogP contribution in [0.3, 0.4) is 0 Å². The van der Waals surface area contributed by atoms with E-state index in [2.05, 4.69) is 19.2 Å². The molecule has 0 saturated carbocycles. The highest BCUT2D eigenvalue weighted by Crippen LogP contribution is 2.18. The first-order valence-corrected chi connectivity index (χ1v) is 7.71. The van der Waals surface area contributed by atoms with E-state index in [9.17, 15) is 4.21 Å². The summed E-state index contributed by atoms with van der Waals surface area (Å²) in [5.74, 6) is 2.73. The van der Waals surface area contributed by atoms with Crippen LogP contribution in [0.5, 0.6) is 5.75 Å². The Labute approximate surface area is 112 Å². The third-order valence-corrected chi connectivity index (χ3v) is 4.48. The molecule has 0 bridgehead atoms. The molecule has 0 aliphatic rings.